The van der Waals surface area contributed by atoms with Crippen LogP contribution >= 0.6 is 23.2 Å². The second kappa shape index (κ2) is 9.13. The van der Waals surface area contributed by atoms with Crippen molar-refractivity contribution in [3.05, 3.63) is 80.6 Å². The number of imidazole rings is 1. The van der Waals surface area contributed by atoms with Crippen molar-refractivity contribution in [2.45, 2.75) is 20.3 Å². The van der Waals surface area contributed by atoms with E-state index in [1.165, 1.54) is 29.4 Å². The van der Waals surface area contributed by atoms with Crippen molar-refractivity contribution in [1.29, 1.82) is 0 Å². The molecule has 0 saturated heterocycles. The molecule has 0 aliphatic carbocycles. The summed E-state index contributed by atoms with van der Waals surface area (Å²) in [6.07, 6.45) is 3.46. The summed E-state index contributed by atoms with van der Waals surface area (Å²) in [5.41, 5.74) is 8.24. The first-order valence-corrected chi connectivity index (χ1v) is 10.6. The normalized spacial score (nSPS) is 10.9. The highest BCUT2D eigenvalue weighted by Crippen LogP contribution is 2.25. The number of nitrogens with one attached hydrogen (secondary N) is 1. The average Bonchev–Trinajstić information content (AvgIpc) is 3.29. The molecule has 3 heterocycles. The van der Waals surface area contributed by atoms with Gasteiger partial charge in [0.05, 0.1) is 27.9 Å². The zero-order chi connectivity index (χ0) is 23.7. The van der Waals surface area contributed by atoms with Crippen molar-refractivity contribution < 1.29 is 4.39 Å². The Balaban J connectivity index is 0.000000214. The van der Waals surface area contributed by atoms with Gasteiger partial charge in [-0.1, -0.05) is 36.2 Å². The van der Waals surface area contributed by atoms with Gasteiger partial charge >= 0.3 is 0 Å². The summed E-state index contributed by atoms with van der Waals surface area (Å²) in [5, 5.41) is 0.400. The highest BCUT2D eigenvalue weighted by molar-refractivity contribution is 6.35. The Bertz CT molecular complexity index is 1550. The second-order valence-corrected chi connectivity index (χ2v) is 7.86. The number of anilines is 1. The van der Waals surface area contributed by atoms with Gasteiger partial charge in [-0.3, -0.25) is 9.36 Å². The number of benzene rings is 2. The third-order valence-electron chi connectivity index (χ3n) is 4.98. The Morgan fingerprint density at radius 3 is 2.64 bits per heavy atom. The molecule has 33 heavy (non-hydrogen) atoms. The van der Waals surface area contributed by atoms with Gasteiger partial charge in [-0.25, -0.2) is 24.3 Å². The highest BCUT2D eigenvalue weighted by Gasteiger charge is 2.16. The topological polar surface area (TPSA) is 115 Å². The minimum absolute atomic E-state index is 0.0700. The highest BCUT2D eigenvalue weighted by atomic mass is 35.5. The molecule has 0 unspecified atom stereocenters. The molecule has 5 aromatic rings. The minimum Gasteiger partial charge on any atom is -0.382 e. The van der Waals surface area contributed by atoms with Crippen LogP contribution in [0.25, 0.3) is 27.8 Å². The Hall–Kier alpha value is -3.56. The van der Waals surface area contributed by atoms with Crippen LogP contribution in [-0.2, 0) is 6.42 Å². The molecule has 0 atom stereocenters. The van der Waals surface area contributed by atoms with Crippen molar-refractivity contribution in [2.75, 3.05) is 5.73 Å². The maximum absolute atomic E-state index is 13.7. The van der Waals surface area contributed by atoms with Gasteiger partial charge in [0.1, 0.15) is 23.5 Å². The lowest BCUT2D eigenvalue weighted by Gasteiger charge is -2.14. The van der Waals surface area contributed by atoms with Gasteiger partial charge in [-0.15, -0.1) is 0 Å². The number of aryl methyl sites for hydroxylation is 2. The van der Waals surface area contributed by atoms with E-state index >= 15 is 0 Å². The fourth-order valence-corrected chi connectivity index (χ4v) is 3.68. The summed E-state index contributed by atoms with van der Waals surface area (Å²) in [6.45, 7) is 3.77. The number of aromatic nitrogens is 6. The fraction of sp³-hybridized carbons (Fsp3) is 0.136. The monoisotopic (exact) mass is 485 g/mol. The van der Waals surface area contributed by atoms with Crippen LogP contribution in [0.1, 0.15) is 18.3 Å². The third-order valence-corrected chi connectivity index (χ3v) is 5.76. The molecule has 0 radical (unpaired) electrons. The average molecular weight is 486 g/mol. The largest absolute Gasteiger partial charge is 0.382 e. The molecule has 3 N–H and O–H groups in total. The molecule has 3 aromatic heterocycles. The number of nitrogen functional groups attached to an aromatic ring is 1. The molecule has 0 fully saturated rings. The van der Waals surface area contributed by atoms with Gasteiger partial charge in [-0.05, 0) is 36.8 Å². The zero-order valence-electron chi connectivity index (χ0n) is 17.6. The van der Waals surface area contributed by atoms with Crippen LogP contribution in [0.3, 0.4) is 0 Å². The summed E-state index contributed by atoms with van der Waals surface area (Å²) in [4.78, 5) is 31.7. The van der Waals surface area contributed by atoms with Gasteiger partial charge in [0.2, 0.25) is 0 Å². The lowest BCUT2D eigenvalue weighted by Crippen LogP contribution is -2.24. The first-order valence-electron chi connectivity index (χ1n) is 9.87. The molecule has 168 valence electrons. The Morgan fingerprint density at radius 2 is 1.94 bits per heavy atom. The summed E-state index contributed by atoms with van der Waals surface area (Å²) in [5.74, 6) is 0.350. The summed E-state index contributed by atoms with van der Waals surface area (Å²) in [7, 11) is 0. The van der Waals surface area contributed by atoms with E-state index in [0.29, 0.717) is 45.5 Å². The minimum atomic E-state index is -0.643. The van der Waals surface area contributed by atoms with Gasteiger partial charge in [0.25, 0.3) is 5.56 Å². The number of fused-ring (bicyclic) bond motifs is 2. The summed E-state index contributed by atoms with van der Waals surface area (Å²) < 4.78 is 15.2. The van der Waals surface area contributed by atoms with Crippen molar-refractivity contribution in [1.82, 2.24) is 29.5 Å². The molecule has 0 spiro atoms. The molecule has 11 heteroatoms. The van der Waals surface area contributed by atoms with Crippen LogP contribution in [0.4, 0.5) is 10.2 Å². The first-order chi connectivity index (χ1) is 15.8. The molecule has 8 nitrogen and oxygen atoms in total. The van der Waals surface area contributed by atoms with Crippen LogP contribution < -0.4 is 11.3 Å². The smallest absolute Gasteiger partial charge is 0.267 e. The van der Waals surface area contributed by atoms with Gasteiger partial charge in [0.15, 0.2) is 11.5 Å². The Labute approximate surface area is 197 Å². The lowest BCUT2D eigenvalue weighted by molar-refractivity contribution is 0.629. The first kappa shape index (κ1) is 22.6. The van der Waals surface area contributed by atoms with Crippen LogP contribution in [0, 0.1) is 12.7 Å². The van der Waals surface area contributed by atoms with Crippen molar-refractivity contribution in [3.8, 4) is 5.69 Å². The van der Waals surface area contributed by atoms with Crippen LogP contribution in [-0.4, -0.2) is 29.5 Å². The van der Waals surface area contributed by atoms with Gasteiger partial charge in [-0.2, -0.15) is 0 Å². The molecule has 2 aromatic carbocycles. The number of halogens is 3. The number of aromatic amines is 1. The van der Waals surface area contributed by atoms with Gasteiger partial charge < -0.3 is 10.7 Å². The zero-order valence-corrected chi connectivity index (χ0v) is 19.1. The Morgan fingerprint density at radius 1 is 1.15 bits per heavy atom. The molecule has 0 saturated carbocycles. The van der Waals surface area contributed by atoms with Crippen LogP contribution in [0.15, 0.2) is 47.8 Å². The Kier molecular flexibility index (Phi) is 6.26. The van der Waals surface area contributed by atoms with E-state index in [-0.39, 0.29) is 10.4 Å². The van der Waals surface area contributed by atoms with Crippen LogP contribution in [0.5, 0.6) is 0 Å². The predicted molar refractivity (Wildman–Crippen MR) is 128 cm³/mol. The third kappa shape index (κ3) is 4.24. The standard InChI is InChI=1S/C17H13Cl2FN2O.C5H5N5/c1-3-14-21-13-7-6-12(20)16(19)15(13)17(23)22(14)10-5-4-9(2)11(18)8-10;6-4-3-5(9-1-7-3)10-2-8-4/h4-8H,3H2,1-2H3;1-2H,(H3,6,7,8,9,10). The van der Waals surface area contributed by atoms with E-state index in [2.05, 4.69) is 24.9 Å². The number of hydrogen-bond acceptors (Lipinski definition) is 6. The van der Waals surface area contributed by atoms with E-state index in [1.807, 2.05) is 19.9 Å². The molecule has 0 aliphatic rings. The number of nitrogens with zero attached hydrogens (tertiary/aromatic N) is 5. The van der Waals surface area contributed by atoms with Crippen LogP contribution in [0.2, 0.25) is 10.0 Å². The second-order valence-electron chi connectivity index (χ2n) is 7.07. The van der Waals surface area contributed by atoms with Gasteiger partial charge in [0, 0.05) is 11.4 Å². The SMILES string of the molecule is CCc1nc2ccc(F)c(Cl)c2c(=O)n1-c1ccc(C)c(Cl)c1.Nc1ncnc2nc[nH]c12. The number of nitrogens with two attached hydrogens (primary N) is 1. The van der Waals surface area contributed by atoms with Crippen molar-refractivity contribution in [2.24, 2.45) is 0 Å². The number of hydrogen-bond donors (Lipinski definition) is 2. The number of rotatable bonds is 2. The summed E-state index contributed by atoms with van der Waals surface area (Å²) >= 11 is 12.2. The van der Waals surface area contributed by atoms with E-state index in [4.69, 9.17) is 28.9 Å². The maximum Gasteiger partial charge on any atom is 0.267 e. The van der Waals surface area contributed by atoms with E-state index in [1.54, 1.807) is 12.1 Å². The van der Waals surface area contributed by atoms with E-state index < -0.39 is 11.4 Å². The maximum atomic E-state index is 13.7. The summed E-state index contributed by atoms with van der Waals surface area (Å²) in [6, 6.07) is 7.97. The molecule has 0 bridgehead atoms. The number of H-pyrrole nitrogens is 1. The molecule has 0 amide bonds. The van der Waals surface area contributed by atoms with E-state index in [0.717, 1.165) is 5.56 Å². The molecular weight excluding hydrogens is 468 g/mol. The van der Waals surface area contributed by atoms with Crippen molar-refractivity contribution >= 4 is 51.1 Å². The molecule has 0 aliphatic heterocycles. The quantitative estimate of drug-likeness (QED) is 0.376. The molecular formula is C22H18Cl2FN7O. The predicted octanol–water partition coefficient (Wildman–Crippen LogP) is 4.64. The van der Waals surface area contributed by atoms with Crippen molar-refractivity contribution in [3.63, 3.8) is 0 Å². The lowest BCUT2D eigenvalue weighted by atomic mass is 10.2. The molecule has 5 rings (SSSR count). The van der Waals surface area contributed by atoms with E-state index in [9.17, 15) is 9.18 Å². The fourth-order valence-electron chi connectivity index (χ4n) is 3.26.